The van der Waals surface area contributed by atoms with Crippen molar-refractivity contribution < 1.29 is 9.59 Å². The summed E-state index contributed by atoms with van der Waals surface area (Å²) in [5.41, 5.74) is 0.868. The Morgan fingerprint density at radius 2 is 1.94 bits per heavy atom. The maximum atomic E-state index is 12.9. The molecule has 1 aromatic heterocycles. The van der Waals surface area contributed by atoms with Crippen LogP contribution in [0.4, 0.5) is 5.13 Å². The molecule has 2 aromatic rings. The summed E-state index contributed by atoms with van der Waals surface area (Å²) < 4.78 is 0. The molecule has 8 heteroatoms. The highest BCUT2D eigenvalue weighted by Crippen LogP contribution is 2.28. The Hall–Kier alpha value is -1.99. The Labute approximate surface area is 199 Å². The molecule has 0 saturated heterocycles. The van der Waals surface area contributed by atoms with E-state index in [0.717, 1.165) is 56.9 Å². The Balaban J connectivity index is 1.54. The van der Waals surface area contributed by atoms with E-state index >= 15 is 0 Å². The molecule has 1 N–H and O–H groups in total. The maximum Gasteiger partial charge on any atom is 0.227 e. The van der Waals surface area contributed by atoms with Gasteiger partial charge in [-0.1, -0.05) is 80.5 Å². The first-order chi connectivity index (χ1) is 15.6. The van der Waals surface area contributed by atoms with Crippen molar-refractivity contribution in [2.45, 2.75) is 83.6 Å². The third-order valence-corrected chi connectivity index (χ3v) is 7.03. The number of rotatable bonds is 11. The van der Waals surface area contributed by atoms with E-state index in [2.05, 4.69) is 22.4 Å². The first-order valence-electron chi connectivity index (χ1n) is 11.8. The number of amides is 2. The van der Waals surface area contributed by atoms with Crippen LogP contribution in [0.25, 0.3) is 10.6 Å². The highest BCUT2D eigenvalue weighted by Gasteiger charge is 2.25. The Bertz CT molecular complexity index is 882. The molecule has 2 amide bonds. The lowest BCUT2D eigenvalue weighted by molar-refractivity contribution is -0.134. The van der Waals surface area contributed by atoms with Gasteiger partial charge in [0.05, 0.1) is 0 Å². The van der Waals surface area contributed by atoms with E-state index in [1.807, 2.05) is 23.1 Å². The number of carbonyl (C=O) groups excluding carboxylic acids is 2. The molecule has 32 heavy (non-hydrogen) atoms. The first kappa shape index (κ1) is 24.6. The van der Waals surface area contributed by atoms with Crippen LogP contribution in [0, 0.1) is 0 Å². The molecule has 0 radical (unpaired) electrons. The molecule has 3 rings (SSSR count). The van der Waals surface area contributed by atoms with Crippen molar-refractivity contribution in [3.05, 3.63) is 29.3 Å². The number of nitrogens with one attached hydrogen (secondary N) is 1. The van der Waals surface area contributed by atoms with Gasteiger partial charge >= 0.3 is 0 Å². The lowest BCUT2D eigenvalue weighted by Crippen LogP contribution is -2.42. The Morgan fingerprint density at radius 3 is 2.69 bits per heavy atom. The van der Waals surface area contributed by atoms with Gasteiger partial charge in [0.15, 0.2) is 0 Å². The highest BCUT2D eigenvalue weighted by molar-refractivity contribution is 7.18. The molecule has 1 aliphatic carbocycles. The standard InChI is InChI=1S/C24H33ClN4O2S/c1-2-3-4-8-14-22(31)29(20-12-6-5-7-13-20)16-15-21(30)26-24-28-27-23(32-24)18-10-9-11-19(25)17-18/h9-11,17,20H,2-8,12-16H2,1H3,(H,26,28,30). The fourth-order valence-electron chi connectivity index (χ4n) is 4.17. The normalized spacial score (nSPS) is 14.3. The van der Waals surface area contributed by atoms with Crippen molar-refractivity contribution >= 4 is 39.9 Å². The van der Waals surface area contributed by atoms with Crippen molar-refractivity contribution in [3.63, 3.8) is 0 Å². The van der Waals surface area contributed by atoms with Crippen LogP contribution in [-0.4, -0.2) is 39.5 Å². The summed E-state index contributed by atoms with van der Waals surface area (Å²) in [4.78, 5) is 27.5. The van der Waals surface area contributed by atoms with Gasteiger partial charge in [-0.2, -0.15) is 0 Å². The molecule has 1 fully saturated rings. The van der Waals surface area contributed by atoms with Crippen LogP contribution in [0.1, 0.15) is 77.6 Å². The monoisotopic (exact) mass is 476 g/mol. The number of aromatic nitrogens is 2. The Morgan fingerprint density at radius 1 is 1.12 bits per heavy atom. The van der Waals surface area contributed by atoms with Gasteiger partial charge < -0.3 is 10.2 Å². The first-order valence-corrected chi connectivity index (χ1v) is 12.9. The molecule has 0 atom stereocenters. The summed E-state index contributed by atoms with van der Waals surface area (Å²) in [5.74, 6) is 0.0540. The molecular weight excluding hydrogens is 444 g/mol. The van der Waals surface area contributed by atoms with E-state index < -0.39 is 0 Å². The van der Waals surface area contributed by atoms with E-state index in [9.17, 15) is 9.59 Å². The van der Waals surface area contributed by atoms with Gasteiger partial charge in [0.1, 0.15) is 5.01 Å². The highest BCUT2D eigenvalue weighted by atomic mass is 35.5. The van der Waals surface area contributed by atoms with Gasteiger partial charge in [-0.3, -0.25) is 9.59 Å². The van der Waals surface area contributed by atoms with Crippen LogP contribution >= 0.6 is 22.9 Å². The van der Waals surface area contributed by atoms with Crippen molar-refractivity contribution in [2.75, 3.05) is 11.9 Å². The average molecular weight is 477 g/mol. The summed E-state index contributed by atoms with van der Waals surface area (Å²) in [6, 6.07) is 7.66. The molecule has 6 nitrogen and oxygen atoms in total. The van der Waals surface area contributed by atoms with Crippen molar-refractivity contribution in [1.29, 1.82) is 0 Å². The fourth-order valence-corrected chi connectivity index (χ4v) is 5.11. The largest absolute Gasteiger partial charge is 0.339 e. The minimum atomic E-state index is -0.140. The minimum absolute atomic E-state index is 0.140. The molecule has 0 spiro atoms. The van der Waals surface area contributed by atoms with Gasteiger partial charge in [0.25, 0.3) is 0 Å². The number of hydrogen-bond donors (Lipinski definition) is 1. The number of anilines is 1. The van der Waals surface area contributed by atoms with Crippen LogP contribution in [0.15, 0.2) is 24.3 Å². The number of carbonyl (C=O) groups is 2. The predicted molar refractivity (Wildman–Crippen MR) is 131 cm³/mol. The molecule has 174 valence electrons. The quantitative estimate of drug-likeness (QED) is 0.385. The summed E-state index contributed by atoms with van der Waals surface area (Å²) in [6.45, 7) is 2.63. The number of benzene rings is 1. The molecule has 1 aromatic carbocycles. The van der Waals surface area contributed by atoms with Crippen molar-refractivity contribution in [1.82, 2.24) is 15.1 Å². The van der Waals surface area contributed by atoms with E-state index in [1.54, 1.807) is 6.07 Å². The molecule has 0 bridgehead atoms. The van der Waals surface area contributed by atoms with Crippen LogP contribution < -0.4 is 5.32 Å². The van der Waals surface area contributed by atoms with Crippen molar-refractivity contribution in [3.8, 4) is 10.6 Å². The molecule has 1 saturated carbocycles. The maximum absolute atomic E-state index is 12.9. The van der Waals surface area contributed by atoms with Crippen LogP contribution in [0.5, 0.6) is 0 Å². The predicted octanol–water partition coefficient (Wildman–Crippen LogP) is 6.32. The fraction of sp³-hybridized carbons (Fsp3) is 0.583. The second-order valence-electron chi connectivity index (χ2n) is 8.41. The zero-order valence-corrected chi connectivity index (χ0v) is 20.4. The minimum Gasteiger partial charge on any atom is -0.339 e. The molecular formula is C24H33ClN4O2S. The van der Waals surface area contributed by atoms with Gasteiger partial charge in [0.2, 0.25) is 16.9 Å². The van der Waals surface area contributed by atoms with Crippen LogP contribution in [0.3, 0.4) is 0 Å². The zero-order valence-electron chi connectivity index (χ0n) is 18.8. The van der Waals surface area contributed by atoms with Crippen LogP contribution in [0.2, 0.25) is 5.02 Å². The van der Waals surface area contributed by atoms with Crippen molar-refractivity contribution in [2.24, 2.45) is 0 Å². The molecule has 0 aliphatic heterocycles. The van der Waals surface area contributed by atoms with Gasteiger partial charge in [-0.15, -0.1) is 10.2 Å². The summed E-state index contributed by atoms with van der Waals surface area (Å²) in [5, 5.41) is 12.9. The Kier molecular flexibility index (Phi) is 9.93. The van der Waals surface area contributed by atoms with Crippen LogP contribution in [-0.2, 0) is 9.59 Å². The molecule has 1 aliphatic rings. The van der Waals surface area contributed by atoms with Gasteiger partial charge in [-0.05, 0) is 31.4 Å². The number of nitrogens with zero attached hydrogens (tertiary/aromatic N) is 3. The van der Waals surface area contributed by atoms with E-state index in [-0.39, 0.29) is 24.3 Å². The second-order valence-corrected chi connectivity index (χ2v) is 9.82. The third-order valence-electron chi connectivity index (χ3n) is 5.90. The number of halogens is 1. The lowest BCUT2D eigenvalue weighted by Gasteiger charge is -2.34. The number of unbranched alkanes of at least 4 members (excludes halogenated alkanes) is 3. The number of hydrogen-bond acceptors (Lipinski definition) is 5. The summed E-state index contributed by atoms with van der Waals surface area (Å²) in [6.07, 6.45) is 10.8. The smallest absolute Gasteiger partial charge is 0.227 e. The zero-order chi connectivity index (χ0) is 22.8. The SMILES string of the molecule is CCCCCCC(=O)N(CCC(=O)Nc1nnc(-c2cccc(Cl)c2)s1)C1CCCCC1. The van der Waals surface area contributed by atoms with E-state index in [4.69, 9.17) is 11.6 Å². The third kappa shape index (κ3) is 7.55. The summed E-state index contributed by atoms with van der Waals surface area (Å²) >= 11 is 7.36. The van der Waals surface area contributed by atoms with Gasteiger partial charge in [0, 0.05) is 36.0 Å². The molecule has 1 heterocycles. The topological polar surface area (TPSA) is 75.2 Å². The van der Waals surface area contributed by atoms with E-state index in [1.165, 1.54) is 17.8 Å². The van der Waals surface area contributed by atoms with Gasteiger partial charge in [-0.25, -0.2) is 0 Å². The second kappa shape index (κ2) is 12.9. The average Bonchev–Trinajstić information content (AvgIpc) is 3.26. The summed E-state index contributed by atoms with van der Waals surface area (Å²) in [7, 11) is 0. The molecule has 0 unspecified atom stereocenters. The van der Waals surface area contributed by atoms with E-state index in [0.29, 0.717) is 28.1 Å². The lowest BCUT2D eigenvalue weighted by atomic mass is 9.93.